The molecule has 4 rings (SSSR count). The first kappa shape index (κ1) is 18.1. The van der Waals surface area contributed by atoms with E-state index in [-0.39, 0.29) is 6.03 Å². The van der Waals surface area contributed by atoms with Crippen molar-refractivity contribution in [1.82, 2.24) is 25.3 Å². The maximum absolute atomic E-state index is 11.9. The Hall–Kier alpha value is -3.33. The van der Waals surface area contributed by atoms with Crippen molar-refractivity contribution >= 4 is 46.3 Å². The van der Waals surface area contributed by atoms with Crippen LogP contribution in [0.15, 0.2) is 48.9 Å². The number of urea groups is 1. The van der Waals surface area contributed by atoms with Gasteiger partial charge in [0.25, 0.3) is 0 Å². The smallest absolute Gasteiger partial charge is 0.321 e. The molecule has 0 fully saturated rings. The van der Waals surface area contributed by atoms with Crippen LogP contribution in [-0.4, -0.2) is 40.4 Å². The fraction of sp³-hybridized carbons (Fsp3) is 0.105. The van der Waals surface area contributed by atoms with Crippen LogP contribution >= 0.6 is 11.3 Å². The number of amides is 2. The molecule has 0 unspecified atom stereocenters. The number of pyridine rings is 1. The molecule has 1 aromatic carbocycles. The average molecular weight is 388 g/mol. The molecule has 2 amide bonds. The second-order valence-corrected chi connectivity index (χ2v) is 7.11. The van der Waals surface area contributed by atoms with Gasteiger partial charge in [0.15, 0.2) is 13.0 Å². The molecule has 9 heteroatoms. The zero-order valence-electron chi connectivity index (χ0n) is 15.4. The van der Waals surface area contributed by atoms with Gasteiger partial charge in [-0.3, -0.25) is 20.3 Å². The summed E-state index contributed by atoms with van der Waals surface area (Å²) in [5.74, 6) is 0. The maximum atomic E-state index is 11.9. The second kappa shape index (κ2) is 7.73. The van der Waals surface area contributed by atoms with E-state index in [4.69, 9.17) is 0 Å². The van der Waals surface area contributed by atoms with E-state index in [0.29, 0.717) is 11.7 Å². The molecule has 4 aromatic rings. The highest BCUT2D eigenvalue weighted by Crippen LogP contribution is 2.37. The molecule has 0 saturated heterocycles. The van der Waals surface area contributed by atoms with Gasteiger partial charge in [0, 0.05) is 36.3 Å². The third kappa shape index (κ3) is 3.70. The molecule has 0 aliphatic carbocycles. The van der Waals surface area contributed by atoms with Crippen LogP contribution in [0.3, 0.4) is 0 Å². The van der Waals surface area contributed by atoms with E-state index in [2.05, 4.69) is 36.6 Å². The lowest BCUT2D eigenvalue weighted by Gasteiger charge is -2.07. The van der Waals surface area contributed by atoms with Crippen molar-refractivity contribution in [2.75, 3.05) is 11.9 Å². The monoisotopic (exact) mass is 388 g/mol. The average Bonchev–Trinajstić information content (AvgIpc) is 3.10. The highest BCUT2D eigenvalue weighted by molar-refractivity contribution is 7.22. The number of hydrogen-bond acceptors (Lipinski definition) is 6. The molecule has 0 aliphatic heterocycles. The standard InChI is InChI=1S/C19H17BN6OS/c1-2-21-18(27)26-19-25-15-8-11(12-9-23-17(20)24-10-12)7-13(16(15)28-19)14-5-3-4-6-22-14/h3-10H,2,20H2,1H3,(H2,21,25,26,27). The van der Waals surface area contributed by atoms with Crippen LogP contribution < -0.4 is 16.4 Å². The summed E-state index contributed by atoms with van der Waals surface area (Å²) in [5, 5.41) is 6.04. The molecule has 0 aliphatic rings. The summed E-state index contributed by atoms with van der Waals surface area (Å²) in [7, 11) is 1.85. The Morgan fingerprint density at radius 1 is 1.14 bits per heavy atom. The van der Waals surface area contributed by atoms with E-state index in [9.17, 15) is 4.79 Å². The Labute approximate surface area is 166 Å². The van der Waals surface area contributed by atoms with Gasteiger partial charge in [-0.15, -0.1) is 0 Å². The fourth-order valence-electron chi connectivity index (χ4n) is 2.81. The predicted octanol–water partition coefficient (Wildman–Crippen LogP) is 2.22. The first-order valence-corrected chi connectivity index (χ1v) is 9.65. The van der Waals surface area contributed by atoms with E-state index < -0.39 is 0 Å². The van der Waals surface area contributed by atoms with E-state index in [0.717, 1.165) is 38.3 Å². The van der Waals surface area contributed by atoms with Gasteiger partial charge < -0.3 is 5.32 Å². The minimum Gasteiger partial charge on any atom is -0.338 e. The number of hydrogen-bond donors (Lipinski definition) is 2. The van der Waals surface area contributed by atoms with Gasteiger partial charge in [-0.25, -0.2) is 9.78 Å². The summed E-state index contributed by atoms with van der Waals surface area (Å²) >= 11 is 1.42. The molecule has 0 radical (unpaired) electrons. The molecule has 7 nitrogen and oxygen atoms in total. The largest absolute Gasteiger partial charge is 0.338 e. The highest BCUT2D eigenvalue weighted by Gasteiger charge is 2.15. The molecular formula is C19H17BN6OS. The lowest BCUT2D eigenvalue weighted by Crippen LogP contribution is -2.28. The Morgan fingerprint density at radius 2 is 1.96 bits per heavy atom. The van der Waals surface area contributed by atoms with Crippen LogP contribution in [-0.2, 0) is 0 Å². The lowest BCUT2D eigenvalue weighted by molar-refractivity contribution is 0.252. The second-order valence-electron chi connectivity index (χ2n) is 6.11. The number of thiazole rings is 1. The summed E-state index contributed by atoms with van der Waals surface area (Å²) in [6.07, 6.45) is 5.36. The molecule has 2 N–H and O–H groups in total. The van der Waals surface area contributed by atoms with Gasteiger partial charge in [0.05, 0.1) is 21.6 Å². The van der Waals surface area contributed by atoms with Gasteiger partial charge in [0.1, 0.15) is 0 Å². The third-order valence-electron chi connectivity index (χ3n) is 4.10. The summed E-state index contributed by atoms with van der Waals surface area (Å²) in [6, 6.07) is 9.56. The molecular weight excluding hydrogens is 371 g/mol. The Bertz CT molecular complexity index is 1130. The number of carbonyl (C=O) groups is 1. The van der Waals surface area contributed by atoms with Crippen molar-refractivity contribution in [3.8, 4) is 22.4 Å². The number of aromatic nitrogens is 4. The van der Waals surface area contributed by atoms with Gasteiger partial charge >= 0.3 is 6.03 Å². The number of nitrogens with zero attached hydrogens (tertiary/aromatic N) is 4. The van der Waals surface area contributed by atoms with Crippen LogP contribution in [0, 0.1) is 0 Å². The van der Waals surface area contributed by atoms with E-state index in [1.165, 1.54) is 11.3 Å². The number of anilines is 1. The summed E-state index contributed by atoms with van der Waals surface area (Å²) in [4.78, 5) is 29.6. The van der Waals surface area contributed by atoms with Crippen molar-refractivity contribution < 1.29 is 4.79 Å². The summed E-state index contributed by atoms with van der Waals surface area (Å²) < 4.78 is 0.960. The first-order chi connectivity index (χ1) is 13.6. The topological polar surface area (TPSA) is 92.7 Å². The number of fused-ring (bicyclic) bond motifs is 1. The zero-order chi connectivity index (χ0) is 19.5. The van der Waals surface area contributed by atoms with Gasteiger partial charge in [-0.2, -0.15) is 0 Å². The fourth-order valence-corrected chi connectivity index (χ4v) is 3.77. The van der Waals surface area contributed by atoms with E-state index in [1.807, 2.05) is 39.0 Å². The molecule has 3 aromatic heterocycles. The van der Waals surface area contributed by atoms with Crippen LogP contribution in [0.1, 0.15) is 6.92 Å². The molecule has 28 heavy (non-hydrogen) atoms. The quantitative estimate of drug-likeness (QED) is 0.523. The molecule has 3 heterocycles. The number of nitrogens with one attached hydrogen (secondary N) is 2. The SMILES string of the molecule is Bc1ncc(-c2cc(-c3ccccn3)c3sc(NC(=O)NCC)nc3c2)cn1. The van der Waals surface area contributed by atoms with Crippen LogP contribution in [0.4, 0.5) is 9.93 Å². The summed E-state index contributed by atoms with van der Waals surface area (Å²) in [5.41, 5.74) is 5.15. The zero-order valence-corrected chi connectivity index (χ0v) is 16.2. The van der Waals surface area contributed by atoms with Crippen molar-refractivity contribution in [1.29, 1.82) is 0 Å². The Kier molecular flexibility index (Phi) is 4.99. The van der Waals surface area contributed by atoms with Crippen LogP contribution in [0.5, 0.6) is 0 Å². The molecule has 0 spiro atoms. The van der Waals surface area contributed by atoms with Crippen LogP contribution in [0.2, 0.25) is 0 Å². The molecule has 0 saturated carbocycles. The van der Waals surface area contributed by atoms with Gasteiger partial charge in [-0.05, 0) is 36.8 Å². The Balaban J connectivity index is 1.86. The molecule has 0 atom stereocenters. The number of carbonyl (C=O) groups excluding carboxylic acids is 1. The highest BCUT2D eigenvalue weighted by atomic mass is 32.1. The lowest BCUT2D eigenvalue weighted by atomic mass is 10.0. The summed E-state index contributed by atoms with van der Waals surface area (Å²) in [6.45, 7) is 2.42. The van der Waals surface area contributed by atoms with E-state index in [1.54, 1.807) is 18.6 Å². The first-order valence-electron chi connectivity index (χ1n) is 8.84. The molecule has 138 valence electrons. The minimum atomic E-state index is -0.270. The van der Waals surface area contributed by atoms with Crippen LogP contribution in [0.25, 0.3) is 32.6 Å². The predicted molar refractivity (Wildman–Crippen MR) is 115 cm³/mol. The van der Waals surface area contributed by atoms with Gasteiger partial charge in [-0.1, -0.05) is 17.4 Å². The van der Waals surface area contributed by atoms with E-state index >= 15 is 0 Å². The van der Waals surface area contributed by atoms with Gasteiger partial charge in [0.2, 0.25) is 0 Å². The minimum absolute atomic E-state index is 0.270. The Morgan fingerprint density at radius 3 is 2.68 bits per heavy atom. The third-order valence-corrected chi connectivity index (χ3v) is 5.12. The van der Waals surface area contributed by atoms with Crippen molar-refractivity contribution in [2.24, 2.45) is 0 Å². The number of rotatable bonds is 4. The normalized spacial score (nSPS) is 10.8. The molecule has 0 bridgehead atoms. The van der Waals surface area contributed by atoms with Crippen molar-refractivity contribution in [2.45, 2.75) is 6.92 Å². The van der Waals surface area contributed by atoms with Crippen molar-refractivity contribution in [3.05, 3.63) is 48.9 Å². The van der Waals surface area contributed by atoms with Crippen molar-refractivity contribution in [3.63, 3.8) is 0 Å². The maximum Gasteiger partial charge on any atom is 0.321 e. The number of benzene rings is 1.